The van der Waals surface area contributed by atoms with E-state index in [0.717, 1.165) is 24.3 Å². The summed E-state index contributed by atoms with van der Waals surface area (Å²) < 4.78 is 43.7. The molecule has 0 aliphatic heterocycles. The summed E-state index contributed by atoms with van der Waals surface area (Å²) in [6.07, 6.45) is -3.26. The lowest BCUT2D eigenvalue weighted by molar-refractivity contribution is -0.383. The number of carbonyl (C=O) groups excluding carboxylic acids is 2. The molecular weight excluding hydrogens is 481 g/mol. The number of halogens is 4. The fourth-order valence-electron chi connectivity index (χ4n) is 2.74. The third kappa shape index (κ3) is 6.19. The maximum Gasteiger partial charge on any atom is 0.416 e. The van der Waals surface area contributed by atoms with Crippen molar-refractivity contribution in [3.05, 3.63) is 87.1 Å². The Morgan fingerprint density at radius 2 is 1.88 bits per heavy atom. The van der Waals surface area contributed by atoms with Gasteiger partial charge in [-0.15, -0.1) is 0 Å². The van der Waals surface area contributed by atoms with E-state index < -0.39 is 40.8 Å². The number of hydrogen-bond acceptors (Lipinski definition) is 7. The van der Waals surface area contributed by atoms with Gasteiger partial charge in [0.25, 0.3) is 11.6 Å². The van der Waals surface area contributed by atoms with Crippen LogP contribution in [-0.4, -0.2) is 28.4 Å². The van der Waals surface area contributed by atoms with Crippen molar-refractivity contribution in [2.45, 2.75) is 6.18 Å². The van der Waals surface area contributed by atoms with Crippen molar-refractivity contribution in [2.24, 2.45) is 0 Å². The van der Waals surface area contributed by atoms with Crippen LogP contribution in [0.1, 0.15) is 15.9 Å². The van der Waals surface area contributed by atoms with E-state index in [9.17, 15) is 32.9 Å². The van der Waals surface area contributed by atoms with Crippen molar-refractivity contribution in [1.29, 1.82) is 0 Å². The number of rotatable bonds is 7. The van der Waals surface area contributed by atoms with Gasteiger partial charge in [0, 0.05) is 23.0 Å². The number of nitro groups is 1. The minimum Gasteiger partial charge on any atom is -0.452 e. The molecule has 0 unspecified atom stereocenters. The Labute approximate surface area is 194 Å². The second-order valence-corrected chi connectivity index (χ2v) is 7.08. The number of aromatic nitrogens is 1. The highest BCUT2D eigenvalue weighted by Crippen LogP contribution is 2.32. The number of nitrogens with zero attached hydrogens (tertiary/aromatic N) is 2. The van der Waals surface area contributed by atoms with Crippen LogP contribution in [0.5, 0.6) is 0 Å². The van der Waals surface area contributed by atoms with Gasteiger partial charge in [0.15, 0.2) is 6.61 Å². The summed E-state index contributed by atoms with van der Waals surface area (Å²) in [5.41, 5.74) is -1.63. The lowest BCUT2D eigenvalue weighted by atomic mass is 10.2. The lowest BCUT2D eigenvalue weighted by Crippen LogP contribution is -2.22. The van der Waals surface area contributed by atoms with Crippen LogP contribution in [0.3, 0.4) is 0 Å². The summed E-state index contributed by atoms with van der Waals surface area (Å²) in [6.45, 7) is -0.805. The van der Waals surface area contributed by atoms with E-state index in [4.69, 9.17) is 16.3 Å². The average Bonchev–Trinajstić information content (AvgIpc) is 2.77. The van der Waals surface area contributed by atoms with E-state index in [-0.39, 0.29) is 27.8 Å². The molecule has 176 valence electrons. The van der Waals surface area contributed by atoms with Crippen molar-refractivity contribution in [3.8, 4) is 0 Å². The molecule has 0 saturated heterocycles. The molecule has 0 atom stereocenters. The van der Waals surface area contributed by atoms with Gasteiger partial charge in [0.2, 0.25) is 0 Å². The van der Waals surface area contributed by atoms with Crippen LogP contribution >= 0.6 is 11.6 Å². The van der Waals surface area contributed by atoms with E-state index in [1.54, 1.807) is 0 Å². The molecule has 2 N–H and O–H groups in total. The number of carbonyl (C=O) groups is 2. The Balaban J connectivity index is 1.70. The van der Waals surface area contributed by atoms with E-state index in [1.807, 2.05) is 0 Å². The third-order valence-corrected chi connectivity index (χ3v) is 4.48. The first-order valence-electron chi connectivity index (χ1n) is 9.35. The van der Waals surface area contributed by atoms with Crippen molar-refractivity contribution >= 4 is 46.4 Å². The van der Waals surface area contributed by atoms with Crippen LogP contribution in [0.4, 0.5) is 36.1 Å². The van der Waals surface area contributed by atoms with Crippen LogP contribution in [0.2, 0.25) is 5.02 Å². The van der Waals surface area contributed by atoms with Crippen LogP contribution < -0.4 is 10.6 Å². The zero-order valence-corrected chi connectivity index (χ0v) is 17.7. The number of hydrogen-bond donors (Lipinski definition) is 2. The van der Waals surface area contributed by atoms with Gasteiger partial charge in [-0.05, 0) is 42.5 Å². The van der Waals surface area contributed by atoms with Crippen LogP contribution in [0, 0.1) is 10.1 Å². The molecule has 34 heavy (non-hydrogen) atoms. The van der Waals surface area contributed by atoms with Crippen LogP contribution in [-0.2, 0) is 15.7 Å². The van der Waals surface area contributed by atoms with Crippen LogP contribution in [0.15, 0.2) is 60.8 Å². The van der Waals surface area contributed by atoms with Gasteiger partial charge in [0.05, 0.1) is 10.5 Å². The van der Waals surface area contributed by atoms with Gasteiger partial charge in [-0.3, -0.25) is 14.9 Å². The summed E-state index contributed by atoms with van der Waals surface area (Å²) in [5.74, 6) is -1.98. The predicted octanol–water partition coefficient (Wildman–Crippen LogP) is 5.20. The summed E-state index contributed by atoms with van der Waals surface area (Å²) in [6, 6.07) is 10.5. The summed E-state index contributed by atoms with van der Waals surface area (Å²) in [5, 5.41) is 16.1. The number of esters is 1. The maximum atomic E-state index is 12.9. The highest BCUT2D eigenvalue weighted by Gasteiger charge is 2.30. The van der Waals surface area contributed by atoms with Gasteiger partial charge < -0.3 is 15.4 Å². The molecule has 0 bridgehead atoms. The molecule has 1 heterocycles. The lowest BCUT2D eigenvalue weighted by Gasteiger charge is -2.13. The van der Waals surface area contributed by atoms with E-state index in [2.05, 4.69) is 15.6 Å². The van der Waals surface area contributed by atoms with Crippen molar-refractivity contribution < 1.29 is 32.4 Å². The number of nitro benzene ring substituents is 1. The first-order valence-corrected chi connectivity index (χ1v) is 9.72. The zero-order valence-electron chi connectivity index (χ0n) is 16.9. The summed E-state index contributed by atoms with van der Waals surface area (Å²) in [7, 11) is 0. The fourth-order valence-corrected chi connectivity index (χ4v) is 2.91. The number of benzene rings is 2. The van der Waals surface area contributed by atoms with E-state index in [1.165, 1.54) is 36.5 Å². The number of alkyl halides is 3. The predicted molar refractivity (Wildman–Crippen MR) is 116 cm³/mol. The highest BCUT2D eigenvalue weighted by atomic mass is 35.5. The maximum absolute atomic E-state index is 12.9. The molecule has 13 heteroatoms. The molecule has 1 aromatic heterocycles. The summed E-state index contributed by atoms with van der Waals surface area (Å²) >= 11 is 5.80. The van der Waals surface area contributed by atoms with Crippen molar-refractivity contribution in [1.82, 2.24) is 4.98 Å². The number of nitrogens with one attached hydrogen (secondary N) is 2. The highest BCUT2D eigenvalue weighted by molar-refractivity contribution is 6.31. The van der Waals surface area contributed by atoms with Crippen molar-refractivity contribution in [3.63, 3.8) is 0 Å². The Hall–Kier alpha value is -4.19. The molecule has 0 aliphatic rings. The largest absolute Gasteiger partial charge is 0.452 e. The monoisotopic (exact) mass is 494 g/mol. The SMILES string of the molecule is O=C(COC(=O)c1cccnc1Nc1cccc(C(F)(F)F)c1)Nc1cc(Cl)ccc1[N+](=O)[O-]. The molecule has 3 rings (SSSR count). The molecule has 0 radical (unpaired) electrons. The fraction of sp³-hybridized carbons (Fsp3) is 0.0952. The molecular formula is C21H14ClF3N4O5. The Kier molecular flexibility index (Phi) is 7.31. The minimum absolute atomic E-state index is 0.0218. The second-order valence-electron chi connectivity index (χ2n) is 6.65. The minimum atomic E-state index is -4.56. The van der Waals surface area contributed by atoms with E-state index >= 15 is 0 Å². The standard InChI is InChI=1S/C21H14ClF3N4O5/c22-13-6-7-17(29(32)33)16(10-13)28-18(30)11-34-20(31)15-5-2-8-26-19(15)27-14-4-1-3-12(9-14)21(23,24)25/h1-10H,11H2,(H,26,27)(H,28,30). The zero-order chi connectivity index (χ0) is 24.9. The second kappa shape index (κ2) is 10.2. The van der Waals surface area contributed by atoms with Gasteiger partial charge in [-0.25, -0.2) is 9.78 Å². The molecule has 0 saturated carbocycles. The molecule has 9 nitrogen and oxygen atoms in total. The number of anilines is 3. The topological polar surface area (TPSA) is 123 Å². The number of amides is 1. The molecule has 2 aromatic carbocycles. The molecule has 1 amide bonds. The average molecular weight is 495 g/mol. The molecule has 0 fully saturated rings. The molecule has 0 aliphatic carbocycles. The van der Waals surface area contributed by atoms with Crippen molar-refractivity contribution in [2.75, 3.05) is 17.2 Å². The number of ether oxygens (including phenoxy) is 1. The van der Waals surface area contributed by atoms with Gasteiger partial charge in [-0.1, -0.05) is 17.7 Å². The third-order valence-electron chi connectivity index (χ3n) is 4.24. The Morgan fingerprint density at radius 3 is 2.59 bits per heavy atom. The molecule has 0 spiro atoms. The van der Waals surface area contributed by atoms with Crippen LogP contribution in [0.25, 0.3) is 0 Å². The quantitative estimate of drug-likeness (QED) is 0.263. The summed E-state index contributed by atoms with van der Waals surface area (Å²) in [4.78, 5) is 38.9. The van der Waals surface area contributed by atoms with Gasteiger partial charge in [0.1, 0.15) is 17.1 Å². The van der Waals surface area contributed by atoms with Gasteiger partial charge >= 0.3 is 12.1 Å². The Bertz CT molecular complexity index is 1250. The normalized spacial score (nSPS) is 10.9. The first kappa shape index (κ1) is 24.5. The number of pyridine rings is 1. The van der Waals surface area contributed by atoms with E-state index in [0.29, 0.717) is 0 Å². The van der Waals surface area contributed by atoms with Gasteiger partial charge in [-0.2, -0.15) is 13.2 Å². The smallest absolute Gasteiger partial charge is 0.416 e. The first-order chi connectivity index (χ1) is 16.0. The Morgan fingerprint density at radius 1 is 1.12 bits per heavy atom. The molecule has 3 aromatic rings.